The molecule has 1 unspecified atom stereocenters. The highest BCUT2D eigenvalue weighted by Gasteiger charge is 2.43. The van der Waals surface area contributed by atoms with Gasteiger partial charge in [0.15, 0.2) is 5.62 Å². The van der Waals surface area contributed by atoms with Crippen molar-refractivity contribution in [2.24, 2.45) is 0 Å². The highest BCUT2D eigenvalue weighted by Crippen LogP contribution is 2.46. The van der Waals surface area contributed by atoms with Crippen molar-refractivity contribution >= 4 is 29.7 Å². The summed E-state index contributed by atoms with van der Waals surface area (Å²) in [5, 5.41) is 3.04. The molecule has 1 fully saturated rings. The molecule has 0 saturated carbocycles. The van der Waals surface area contributed by atoms with Crippen LogP contribution in [0.4, 0.5) is 0 Å². The van der Waals surface area contributed by atoms with Crippen molar-refractivity contribution < 1.29 is 14.4 Å². The Morgan fingerprint density at radius 2 is 1.55 bits per heavy atom. The van der Waals surface area contributed by atoms with E-state index >= 15 is 0 Å². The number of benzene rings is 3. The Kier molecular flexibility index (Phi) is 9.06. The third kappa shape index (κ3) is 6.55. The molecule has 220 valence electrons. The van der Waals surface area contributed by atoms with Crippen LogP contribution in [0.5, 0.6) is 0 Å². The van der Waals surface area contributed by atoms with Crippen LogP contribution in [0.1, 0.15) is 46.0 Å². The molecule has 1 aliphatic rings. The molecule has 1 aliphatic heterocycles. The maximum Gasteiger partial charge on any atom is 0.330 e. The molecule has 4 atom stereocenters. The monoisotopic (exact) mass is 623 g/mol. The number of aromatic amines is 1. The molecule has 1 saturated heterocycles. The molecule has 0 spiro atoms. The zero-order valence-corrected chi connectivity index (χ0v) is 26.2. The van der Waals surface area contributed by atoms with Gasteiger partial charge in [0, 0.05) is 24.2 Å². The van der Waals surface area contributed by atoms with E-state index in [1.807, 2.05) is 44.2 Å². The van der Waals surface area contributed by atoms with Crippen LogP contribution in [-0.4, -0.2) is 33.2 Å². The number of ether oxygens (including phenoxy) is 2. The Morgan fingerprint density at radius 1 is 1.00 bits per heavy atom. The zero-order chi connectivity index (χ0) is 30.1. The lowest BCUT2D eigenvalue weighted by atomic mass is 9.79. The molecule has 0 aliphatic carbocycles. The second-order valence-electron chi connectivity index (χ2n) is 10.7. The fourth-order valence-corrected chi connectivity index (χ4v) is 6.97. The van der Waals surface area contributed by atoms with Gasteiger partial charge in [-0.25, -0.2) is 4.79 Å². The van der Waals surface area contributed by atoms with Gasteiger partial charge in [-0.05, 0) is 49.3 Å². The SMILES string of the molecule is Cc1ccc(C(OC[C@H]2O[C@@H](n3cc(C)c(=O)[nH]c3=O)C[C@@H]2NP(O)(=S)S)(c2ccccc2)c2ccc(C)cc2)cc1. The van der Waals surface area contributed by atoms with Crippen molar-refractivity contribution in [1.82, 2.24) is 14.6 Å². The topological polar surface area (TPSA) is 106 Å². The van der Waals surface area contributed by atoms with E-state index < -0.39 is 40.8 Å². The summed E-state index contributed by atoms with van der Waals surface area (Å²) in [5.41, 5.74) is 0.266. The number of aromatic nitrogens is 2. The summed E-state index contributed by atoms with van der Waals surface area (Å²) in [7, 11) is 0. The van der Waals surface area contributed by atoms with Crippen molar-refractivity contribution in [3.05, 3.63) is 139 Å². The number of thiol groups is 1. The van der Waals surface area contributed by atoms with Gasteiger partial charge in [-0.1, -0.05) is 90.0 Å². The smallest absolute Gasteiger partial charge is 0.330 e. The van der Waals surface area contributed by atoms with E-state index in [0.717, 1.165) is 27.8 Å². The molecule has 42 heavy (non-hydrogen) atoms. The quantitative estimate of drug-likeness (QED) is 0.120. The summed E-state index contributed by atoms with van der Waals surface area (Å²) in [5.74, 6) is 0. The van der Waals surface area contributed by atoms with E-state index in [9.17, 15) is 14.5 Å². The summed E-state index contributed by atoms with van der Waals surface area (Å²) in [6.45, 7) is 5.80. The van der Waals surface area contributed by atoms with Gasteiger partial charge in [0.05, 0.1) is 12.7 Å². The fraction of sp³-hybridized carbons (Fsp3) is 0.290. The van der Waals surface area contributed by atoms with Crippen molar-refractivity contribution in [3.8, 4) is 0 Å². The molecule has 1 aromatic heterocycles. The zero-order valence-electron chi connectivity index (χ0n) is 23.6. The molecule has 0 amide bonds. The Morgan fingerprint density at radius 3 is 2.10 bits per heavy atom. The van der Waals surface area contributed by atoms with Crippen molar-refractivity contribution in [1.29, 1.82) is 0 Å². The van der Waals surface area contributed by atoms with Crippen LogP contribution in [0.2, 0.25) is 0 Å². The maximum absolute atomic E-state index is 12.7. The Bertz CT molecular complexity index is 1660. The van der Waals surface area contributed by atoms with E-state index in [1.54, 1.807) is 6.92 Å². The lowest BCUT2D eigenvalue weighted by molar-refractivity contribution is -0.0804. The third-order valence-electron chi connectivity index (χ3n) is 7.59. The summed E-state index contributed by atoms with van der Waals surface area (Å²) < 4.78 is 14.8. The van der Waals surface area contributed by atoms with E-state index in [4.69, 9.17) is 21.3 Å². The number of aryl methyl sites for hydroxylation is 3. The second-order valence-corrected chi connectivity index (χ2v) is 16.2. The number of H-pyrrole nitrogens is 1. The third-order valence-corrected chi connectivity index (χ3v) is 8.92. The van der Waals surface area contributed by atoms with Gasteiger partial charge in [-0.2, -0.15) is 0 Å². The van der Waals surface area contributed by atoms with Crippen LogP contribution in [0.3, 0.4) is 0 Å². The molecule has 11 heteroatoms. The molecule has 2 heterocycles. The molecule has 3 aromatic carbocycles. The fourth-order valence-electron chi connectivity index (χ4n) is 5.41. The molecule has 5 rings (SSSR count). The normalized spacial score (nSPS) is 20.4. The summed E-state index contributed by atoms with van der Waals surface area (Å²) in [4.78, 5) is 37.5. The number of rotatable bonds is 9. The minimum Gasteiger partial charge on any atom is -0.358 e. The molecule has 0 radical (unpaired) electrons. The summed E-state index contributed by atoms with van der Waals surface area (Å²) in [6.07, 6.45) is 0.440. The minimum absolute atomic E-state index is 0.0883. The average molecular weight is 624 g/mol. The van der Waals surface area contributed by atoms with Crippen LogP contribution in [0.15, 0.2) is 94.6 Å². The predicted octanol–water partition coefficient (Wildman–Crippen LogP) is 4.86. The summed E-state index contributed by atoms with van der Waals surface area (Å²) in [6, 6.07) is 26.0. The number of hydrogen-bond acceptors (Lipinski definition) is 5. The van der Waals surface area contributed by atoms with Crippen molar-refractivity contribution in [2.45, 2.75) is 51.2 Å². The molecule has 0 bridgehead atoms. The highest BCUT2D eigenvalue weighted by molar-refractivity contribution is 8.60. The number of hydrogen-bond donors (Lipinski definition) is 4. The van der Waals surface area contributed by atoms with E-state index in [2.05, 4.69) is 70.9 Å². The maximum atomic E-state index is 12.7. The van der Waals surface area contributed by atoms with Gasteiger partial charge in [0.1, 0.15) is 11.8 Å². The Balaban J connectivity index is 1.58. The lowest BCUT2D eigenvalue weighted by Crippen LogP contribution is -2.41. The van der Waals surface area contributed by atoms with Gasteiger partial charge in [-0.3, -0.25) is 19.4 Å². The second kappa shape index (κ2) is 12.4. The number of nitrogens with zero attached hydrogens (tertiary/aromatic N) is 1. The lowest BCUT2D eigenvalue weighted by Gasteiger charge is -2.37. The van der Waals surface area contributed by atoms with Crippen LogP contribution < -0.4 is 16.3 Å². The molecule has 3 N–H and O–H groups in total. The predicted molar refractivity (Wildman–Crippen MR) is 172 cm³/mol. The first-order valence-corrected chi connectivity index (χ1v) is 17.5. The van der Waals surface area contributed by atoms with Crippen molar-refractivity contribution in [2.75, 3.05) is 6.61 Å². The van der Waals surface area contributed by atoms with E-state index in [0.29, 0.717) is 12.0 Å². The first kappa shape index (κ1) is 30.6. The highest BCUT2D eigenvalue weighted by atomic mass is 32.9. The van der Waals surface area contributed by atoms with E-state index in [-0.39, 0.29) is 6.61 Å². The average Bonchev–Trinajstić information content (AvgIpc) is 3.34. The molecular weight excluding hydrogens is 589 g/mol. The molecule has 4 aromatic rings. The van der Waals surface area contributed by atoms with Crippen molar-refractivity contribution in [3.63, 3.8) is 0 Å². The Labute approximate surface area is 255 Å². The van der Waals surface area contributed by atoms with Gasteiger partial charge >= 0.3 is 5.69 Å². The van der Waals surface area contributed by atoms with Crippen LogP contribution >= 0.6 is 17.9 Å². The summed E-state index contributed by atoms with van der Waals surface area (Å²) >= 11 is 9.42. The standard InChI is InChI=1S/C31H34N3O5PS2/c1-20-9-13-24(14-10-20)31(23-7-5-4-6-8-23,25-15-11-21(2)12-16-25)38-19-27-26(33-40(37,41)42)17-28(39-27)34-18-22(3)29(35)32-30(34)36/h4-16,18,26-28H,17,19H2,1-3H3,(H,32,35,36)(H3,33,37,41,42)/t26-,27+,28+/m0/s1. The van der Waals surface area contributed by atoms with Crippen LogP contribution in [0, 0.1) is 20.8 Å². The largest absolute Gasteiger partial charge is 0.358 e. The van der Waals surface area contributed by atoms with Crippen LogP contribution in [0.25, 0.3) is 0 Å². The Hall–Kier alpha value is -2.82. The van der Waals surface area contributed by atoms with Gasteiger partial charge < -0.3 is 14.4 Å². The van der Waals surface area contributed by atoms with Crippen LogP contribution in [-0.2, 0) is 26.9 Å². The number of nitrogens with one attached hydrogen (secondary N) is 2. The van der Waals surface area contributed by atoms with Gasteiger partial charge in [0.25, 0.3) is 5.56 Å². The molecule has 8 nitrogen and oxygen atoms in total. The van der Waals surface area contributed by atoms with Gasteiger partial charge in [-0.15, -0.1) is 12.2 Å². The minimum atomic E-state index is -3.15. The molecular formula is C31H34N3O5PS2. The first-order chi connectivity index (χ1) is 20.0. The first-order valence-electron chi connectivity index (χ1n) is 13.6. The van der Waals surface area contributed by atoms with E-state index in [1.165, 1.54) is 10.8 Å². The van der Waals surface area contributed by atoms with Gasteiger partial charge in [0.2, 0.25) is 0 Å².